The van der Waals surface area contributed by atoms with E-state index in [1.165, 1.54) is 4.31 Å². The number of rotatable bonds is 14. The fourth-order valence-corrected chi connectivity index (χ4v) is 7.12. The average molecular weight is 617 g/mol. The second kappa shape index (κ2) is 14.0. The molecule has 0 unspecified atom stereocenters. The van der Waals surface area contributed by atoms with Gasteiger partial charge in [-0.2, -0.15) is 0 Å². The lowest BCUT2D eigenvalue weighted by Crippen LogP contribution is -2.38. The number of nitrogens with zero attached hydrogens (tertiary/aromatic N) is 4. The number of aromatic nitrogens is 2. The quantitative estimate of drug-likeness (QED) is 0.121. The van der Waals surface area contributed by atoms with Crippen LogP contribution in [0.3, 0.4) is 0 Å². The number of ether oxygens (including phenoxy) is 1. The van der Waals surface area contributed by atoms with Crippen molar-refractivity contribution in [1.82, 2.24) is 14.5 Å². The van der Waals surface area contributed by atoms with Crippen molar-refractivity contribution in [1.29, 1.82) is 5.41 Å². The number of anilines is 1. The lowest BCUT2D eigenvalue weighted by Gasteiger charge is -2.27. The number of carbonyl (C=O) groups excluding carboxylic acids is 1. The summed E-state index contributed by atoms with van der Waals surface area (Å²) in [7, 11) is -3.81. The lowest BCUT2D eigenvalue weighted by atomic mass is 10.1. The van der Waals surface area contributed by atoms with Gasteiger partial charge in [0, 0.05) is 38.0 Å². The number of nitrogens with two attached hydrogens (primary N) is 1. The molecule has 1 aliphatic rings. The van der Waals surface area contributed by atoms with E-state index in [0.717, 1.165) is 42.8 Å². The molecule has 0 bridgehead atoms. The van der Waals surface area contributed by atoms with Gasteiger partial charge in [-0.15, -0.1) is 0 Å². The van der Waals surface area contributed by atoms with E-state index in [1.807, 2.05) is 48.5 Å². The van der Waals surface area contributed by atoms with Crippen LogP contribution in [0.4, 0.5) is 5.69 Å². The maximum atomic E-state index is 13.9. The maximum absolute atomic E-state index is 13.9. The molecule has 1 saturated heterocycles. The number of aryl methyl sites for hydroxylation is 1. The number of amidine groups is 1. The molecule has 0 aliphatic carbocycles. The number of likely N-dealkylation sites (tertiary alicyclic amines) is 1. The maximum Gasteiger partial charge on any atom is 0.305 e. The molecule has 44 heavy (non-hydrogen) atoms. The van der Waals surface area contributed by atoms with Crippen molar-refractivity contribution >= 4 is 38.5 Å². The summed E-state index contributed by atoms with van der Waals surface area (Å²) in [5.74, 6) is 0.571. The fourth-order valence-electron chi connectivity index (χ4n) is 5.65. The molecule has 1 aromatic heterocycles. The first-order valence-electron chi connectivity index (χ1n) is 15.1. The van der Waals surface area contributed by atoms with Crippen LogP contribution in [0, 0.1) is 5.41 Å². The van der Waals surface area contributed by atoms with Crippen molar-refractivity contribution in [3.05, 3.63) is 89.7 Å². The Kier molecular flexibility index (Phi) is 9.96. The number of nitrogens with one attached hydrogen (secondary N) is 1. The van der Waals surface area contributed by atoms with Crippen molar-refractivity contribution in [2.75, 3.05) is 37.1 Å². The van der Waals surface area contributed by atoms with Crippen LogP contribution in [0.5, 0.6) is 0 Å². The summed E-state index contributed by atoms with van der Waals surface area (Å²) in [4.78, 5) is 19.6. The number of hydrogen-bond donors (Lipinski definition) is 2. The summed E-state index contributed by atoms with van der Waals surface area (Å²) >= 11 is 0. The highest BCUT2D eigenvalue weighted by Crippen LogP contribution is 2.29. The second-order valence-corrected chi connectivity index (χ2v) is 12.8. The van der Waals surface area contributed by atoms with Crippen molar-refractivity contribution < 1.29 is 17.9 Å². The first-order valence-corrected chi connectivity index (χ1v) is 16.6. The number of nitrogen functional groups attached to an aromatic ring is 1. The molecular formula is C33H40N6O4S. The van der Waals surface area contributed by atoms with Crippen molar-refractivity contribution in [2.45, 2.75) is 50.5 Å². The van der Waals surface area contributed by atoms with E-state index in [0.29, 0.717) is 55.9 Å². The lowest BCUT2D eigenvalue weighted by molar-refractivity contribution is -0.143. The Morgan fingerprint density at radius 1 is 1.02 bits per heavy atom. The third-order valence-corrected chi connectivity index (χ3v) is 9.78. The molecule has 5 rings (SSSR count). The molecule has 4 aromatic rings. The molecule has 0 saturated carbocycles. The summed E-state index contributed by atoms with van der Waals surface area (Å²) < 4.78 is 36.6. The molecule has 10 nitrogen and oxygen atoms in total. The summed E-state index contributed by atoms with van der Waals surface area (Å²) in [6.07, 6.45) is 3.64. The Bertz CT molecular complexity index is 1700. The minimum atomic E-state index is -3.81. The fraction of sp³-hybridized carbons (Fsp3) is 0.364. The standard InChI is InChI=1S/C33H40N6O4S/c1-2-43-32(40)11-8-20-38-30-17-16-27(24-29(30)36-31(38)23-25-12-14-26(15-13-25)33(34)35)39(22-21-37-18-6-7-19-37)44(41,42)28-9-4-3-5-10-28/h3-5,9-10,12-17,24H,2,6-8,11,18-23H2,1H3,(H3,34,35). The van der Waals surface area contributed by atoms with Crippen LogP contribution >= 0.6 is 0 Å². The van der Waals surface area contributed by atoms with Gasteiger partial charge in [0.25, 0.3) is 10.0 Å². The molecule has 1 fully saturated rings. The van der Waals surface area contributed by atoms with E-state index in [2.05, 4.69) is 9.47 Å². The van der Waals surface area contributed by atoms with Crippen LogP contribution < -0.4 is 10.0 Å². The van der Waals surface area contributed by atoms with Gasteiger partial charge in [0.2, 0.25) is 0 Å². The van der Waals surface area contributed by atoms with Crippen LogP contribution in [-0.4, -0.2) is 67.5 Å². The van der Waals surface area contributed by atoms with Crippen LogP contribution in [0.1, 0.15) is 49.6 Å². The zero-order valence-electron chi connectivity index (χ0n) is 25.1. The van der Waals surface area contributed by atoms with Crippen LogP contribution in [0.2, 0.25) is 0 Å². The third kappa shape index (κ3) is 7.28. The molecule has 0 radical (unpaired) electrons. The van der Waals surface area contributed by atoms with Gasteiger partial charge in [0.1, 0.15) is 11.7 Å². The molecule has 1 aliphatic heterocycles. The van der Waals surface area contributed by atoms with Crippen molar-refractivity contribution in [2.24, 2.45) is 5.73 Å². The molecule has 0 atom stereocenters. The predicted octanol–water partition coefficient (Wildman–Crippen LogP) is 4.55. The average Bonchev–Trinajstić information content (AvgIpc) is 3.66. The molecule has 2 heterocycles. The van der Waals surface area contributed by atoms with E-state index in [-0.39, 0.29) is 23.1 Å². The number of sulfonamides is 1. The van der Waals surface area contributed by atoms with Crippen LogP contribution in [-0.2, 0) is 32.5 Å². The minimum absolute atomic E-state index is 0.00928. The SMILES string of the molecule is CCOC(=O)CCCn1c(Cc2ccc(C(=N)N)cc2)nc2cc(N(CCN3CCCC3)S(=O)(=O)c3ccccc3)ccc21. The van der Waals surface area contributed by atoms with Crippen molar-refractivity contribution in [3.63, 3.8) is 0 Å². The van der Waals surface area contributed by atoms with Gasteiger partial charge in [-0.3, -0.25) is 14.5 Å². The minimum Gasteiger partial charge on any atom is -0.466 e. The van der Waals surface area contributed by atoms with Gasteiger partial charge in [-0.1, -0.05) is 42.5 Å². The predicted molar refractivity (Wildman–Crippen MR) is 173 cm³/mol. The molecular weight excluding hydrogens is 576 g/mol. The number of esters is 1. The Morgan fingerprint density at radius 2 is 1.75 bits per heavy atom. The van der Waals surface area contributed by atoms with Gasteiger partial charge < -0.3 is 19.9 Å². The molecule has 3 aromatic carbocycles. The molecule has 0 amide bonds. The highest BCUT2D eigenvalue weighted by Gasteiger charge is 2.27. The number of hydrogen-bond acceptors (Lipinski definition) is 7. The Balaban J connectivity index is 1.50. The van der Waals surface area contributed by atoms with Gasteiger partial charge in [-0.05, 0) is 75.2 Å². The summed E-state index contributed by atoms with van der Waals surface area (Å²) in [5.41, 5.74) is 9.39. The molecule has 11 heteroatoms. The van der Waals surface area contributed by atoms with Gasteiger partial charge in [0.05, 0.1) is 28.2 Å². The zero-order chi connectivity index (χ0) is 31.1. The number of benzene rings is 3. The normalized spacial score (nSPS) is 13.8. The first-order chi connectivity index (χ1) is 21.3. The first kappa shape index (κ1) is 31.2. The highest BCUT2D eigenvalue weighted by molar-refractivity contribution is 7.92. The highest BCUT2D eigenvalue weighted by atomic mass is 32.2. The number of fused-ring (bicyclic) bond motifs is 1. The Labute approximate surface area is 259 Å². The van der Waals surface area contributed by atoms with E-state index in [1.54, 1.807) is 31.2 Å². The largest absolute Gasteiger partial charge is 0.466 e. The topological polar surface area (TPSA) is 135 Å². The van der Waals surface area contributed by atoms with Crippen LogP contribution in [0.15, 0.2) is 77.7 Å². The number of carbonyl (C=O) groups is 1. The van der Waals surface area contributed by atoms with Crippen molar-refractivity contribution in [3.8, 4) is 0 Å². The summed E-state index contributed by atoms with van der Waals surface area (Å²) in [6, 6.07) is 21.7. The van der Waals surface area contributed by atoms with Gasteiger partial charge >= 0.3 is 5.97 Å². The monoisotopic (exact) mass is 616 g/mol. The van der Waals surface area contributed by atoms with E-state index in [4.69, 9.17) is 20.9 Å². The number of imidazole rings is 1. The molecule has 232 valence electrons. The molecule has 3 N–H and O–H groups in total. The van der Waals surface area contributed by atoms with Gasteiger partial charge in [-0.25, -0.2) is 13.4 Å². The van der Waals surface area contributed by atoms with Gasteiger partial charge in [0.15, 0.2) is 0 Å². The van der Waals surface area contributed by atoms with E-state index < -0.39 is 10.0 Å². The summed E-state index contributed by atoms with van der Waals surface area (Å²) in [5, 5.41) is 7.68. The Hall–Kier alpha value is -4.22. The third-order valence-electron chi connectivity index (χ3n) is 7.94. The molecule has 0 spiro atoms. The summed E-state index contributed by atoms with van der Waals surface area (Å²) in [6.45, 7) is 5.62. The smallest absolute Gasteiger partial charge is 0.305 e. The van der Waals surface area contributed by atoms with E-state index in [9.17, 15) is 13.2 Å². The Morgan fingerprint density at radius 3 is 2.43 bits per heavy atom. The van der Waals surface area contributed by atoms with E-state index >= 15 is 0 Å². The zero-order valence-corrected chi connectivity index (χ0v) is 25.9. The van der Waals surface area contributed by atoms with Crippen LogP contribution in [0.25, 0.3) is 11.0 Å². The second-order valence-electron chi connectivity index (χ2n) is 11.0.